The molecule has 1 saturated heterocycles. The molecule has 148 valence electrons. The Morgan fingerprint density at radius 2 is 1.86 bits per heavy atom. The average Bonchev–Trinajstić information content (AvgIpc) is 3.10. The molecule has 0 aliphatic carbocycles. The normalized spacial score (nSPS) is 16.1. The molecule has 1 atom stereocenters. The molecule has 6 heteroatoms. The average molecular weight is 382 g/mol. The van der Waals surface area contributed by atoms with E-state index in [9.17, 15) is 9.59 Å². The minimum Gasteiger partial charge on any atom is -0.494 e. The summed E-state index contributed by atoms with van der Waals surface area (Å²) in [5.74, 6) is 0.769. The Morgan fingerprint density at radius 3 is 2.57 bits per heavy atom. The summed E-state index contributed by atoms with van der Waals surface area (Å²) in [4.78, 5) is 26.8. The second-order valence-electron chi connectivity index (χ2n) is 6.67. The van der Waals surface area contributed by atoms with Crippen LogP contribution in [-0.2, 0) is 9.59 Å². The van der Waals surface area contributed by atoms with Crippen LogP contribution in [0.4, 0.5) is 11.4 Å². The first-order chi connectivity index (χ1) is 13.6. The summed E-state index contributed by atoms with van der Waals surface area (Å²) in [5.41, 5.74) is 1.40. The number of carbonyl (C=O) groups is 2. The first-order valence-electron chi connectivity index (χ1n) is 9.68. The third-order valence-corrected chi connectivity index (χ3v) is 4.56. The highest BCUT2D eigenvalue weighted by Crippen LogP contribution is 2.29. The summed E-state index contributed by atoms with van der Waals surface area (Å²) < 4.78 is 11.1. The van der Waals surface area contributed by atoms with Gasteiger partial charge in [0, 0.05) is 18.7 Å². The molecule has 6 nitrogen and oxygen atoms in total. The van der Waals surface area contributed by atoms with Gasteiger partial charge >= 0.3 is 0 Å². The van der Waals surface area contributed by atoms with Crippen molar-refractivity contribution in [1.29, 1.82) is 0 Å². The lowest BCUT2D eigenvalue weighted by Gasteiger charge is -2.18. The van der Waals surface area contributed by atoms with Crippen molar-refractivity contribution in [2.45, 2.75) is 26.7 Å². The molecule has 0 spiro atoms. The van der Waals surface area contributed by atoms with E-state index in [0.29, 0.717) is 31.2 Å². The van der Waals surface area contributed by atoms with E-state index in [1.807, 2.05) is 49.4 Å². The maximum absolute atomic E-state index is 12.7. The van der Waals surface area contributed by atoms with Gasteiger partial charge in [-0.15, -0.1) is 0 Å². The molecular formula is C22H26N2O4. The number of amides is 2. The summed E-state index contributed by atoms with van der Waals surface area (Å²) in [7, 11) is 0. The van der Waals surface area contributed by atoms with Gasteiger partial charge < -0.3 is 19.7 Å². The zero-order chi connectivity index (χ0) is 19.9. The lowest BCUT2D eigenvalue weighted by molar-refractivity contribution is -0.122. The number of benzene rings is 2. The van der Waals surface area contributed by atoms with Gasteiger partial charge in [-0.3, -0.25) is 9.59 Å². The van der Waals surface area contributed by atoms with Gasteiger partial charge in [0.05, 0.1) is 24.8 Å². The van der Waals surface area contributed by atoms with Gasteiger partial charge in [-0.2, -0.15) is 0 Å². The number of para-hydroxylation sites is 2. The predicted octanol–water partition coefficient (Wildman–Crippen LogP) is 3.87. The van der Waals surface area contributed by atoms with E-state index in [4.69, 9.17) is 9.47 Å². The number of hydrogen-bond acceptors (Lipinski definition) is 4. The van der Waals surface area contributed by atoms with Gasteiger partial charge in [-0.1, -0.05) is 19.1 Å². The number of rotatable bonds is 8. The molecule has 0 radical (unpaired) electrons. The molecule has 0 bridgehead atoms. The number of nitrogens with zero attached hydrogens (tertiary/aromatic N) is 1. The number of carbonyl (C=O) groups excluding carboxylic acids is 2. The third-order valence-electron chi connectivity index (χ3n) is 4.56. The van der Waals surface area contributed by atoms with E-state index in [-0.39, 0.29) is 18.2 Å². The van der Waals surface area contributed by atoms with Crippen LogP contribution < -0.4 is 19.7 Å². The van der Waals surface area contributed by atoms with E-state index < -0.39 is 5.92 Å². The van der Waals surface area contributed by atoms with Crippen molar-refractivity contribution < 1.29 is 19.1 Å². The molecule has 1 aliphatic rings. The summed E-state index contributed by atoms with van der Waals surface area (Å²) >= 11 is 0. The number of hydrogen-bond donors (Lipinski definition) is 1. The second-order valence-corrected chi connectivity index (χ2v) is 6.67. The molecular weight excluding hydrogens is 356 g/mol. The van der Waals surface area contributed by atoms with Gasteiger partial charge in [0.2, 0.25) is 11.8 Å². The summed E-state index contributed by atoms with van der Waals surface area (Å²) in [5, 5.41) is 2.90. The highest BCUT2D eigenvalue weighted by atomic mass is 16.5. The van der Waals surface area contributed by atoms with Crippen molar-refractivity contribution in [2.24, 2.45) is 5.92 Å². The first-order valence-corrected chi connectivity index (χ1v) is 9.68. The van der Waals surface area contributed by atoms with Gasteiger partial charge in [0.25, 0.3) is 0 Å². The van der Waals surface area contributed by atoms with Crippen LogP contribution in [0.2, 0.25) is 0 Å². The van der Waals surface area contributed by atoms with Crippen molar-refractivity contribution in [3.05, 3.63) is 48.5 Å². The van der Waals surface area contributed by atoms with Crippen LogP contribution in [0.1, 0.15) is 26.7 Å². The van der Waals surface area contributed by atoms with E-state index in [0.717, 1.165) is 17.9 Å². The van der Waals surface area contributed by atoms with Crippen molar-refractivity contribution in [3.8, 4) is 11.5 Å². The van der Waals surface area contributed by atoms with E-state index in [2.05, 4.69) is 12.2 Å². The van der Waals surface area contributed by atoms with Crippen LogP contribution in [0, 0.1) is 5.92 Å². The number of nitrogens with one attached hydrogen (secondary N) is 1. The molecule has 2 amide bonds. The molecule has 0 unspecified atom stereocenters. The smallest absolute Gasteiger partial charge is 0.229 e. The zero-order valence-electron chi connectivity index (χ0n) is 16.3. The van der Waals surface area contributed by atoms with E-state index in [1.54, 1.807) is 11.0 Å². The monoisotopic (exact) mass is 382 g/mol. The molecule has 0 saturated carbocycles. The van der Waals surface area contributed by atoms with Crippen LogP contribution in [0.25, 0.3) is 0 Å². The fourth-order valence-corrected chi connectivity index (χ4v) is 3.16. The number of anilines is 2. The van der Waals surface area contributed by atoms with Gasteiger partial charge in [-0.05, 0) is 49.7 Å². The Bertz CT molecular complexity index is 820. The first kappa shape index (κ1) is 19.7. The van der Waals surface area contributed by atoms with Gasteiger partial charge in [-0.25, -0.2) is 0 Å². The molecule has 1 N–H and O–H groups in total. The van der Waals surface area contributed by atoms with Crippen LogP contribution in [-0.4, -0.2) is 31.6 Å². The highest BCUT2D eigenvalue weighted by Gasteiger charge is 2.35. The second kappa shape index (κ2) is 9.26. The van der Waals surface area contributed by atoms with Gasteiger partial charge in [0.1, 0.15) is 11.5 Å². The van der Waals surface area contributed by atoms with E-state index >= 15 is 0 Å². The molecule has 1 aliphatic heterocycles. The van der Waals surface area contributed by atoms with E-state index in [1.165, 1.54) is 0 Å². The molecule has 1 fully saturated rings. The lowest BCUT2D eigenvalue weighted by Crippen LogP contribution is -2.28. The maximum Gasteiger partial charge on any atom is 0.229 e. The molecule has 0 aromatic heterocycles. The SMILES string of the molecule is CCCOc1ccc(N2C[C@H](C(=O)Nc3ccccc3OCC)CC2=O)cc1. The summed E-state index contributed by atoms with van der Waals surface area (Å²) in [6, 6.07) is 14.7. The maximum atomic E-state index is 12.7. The Morgan fingerprint density at radius 1 is 1.11 bits per heavy atom. The topological polar surface area (TPSA) is 67.9 Å². The van der Waals surface area contributed by atoms with Gasteiger partial charge in [0.15, 0.2) is 0 Å². The van der Waals surface area contributed by atoms with Crippen molar-refractivity contribution in [1.82, 2.24) is 0 Å². The molecule has 1 heterocycles. The van der Waals surface area contributed by atoms with Crippen LogP contribution in [0.5, 0.6) is 11.5 Å². The summed E-state index contributed by atoms with van der Waals surface area (Å²) in [6.07, 6.45) is 1.13. The largest absolute Gasteiger partial charge is 0.494 e. The third kappa shape index (κ3) is 4.63. The van der Waals surface area contributed by atoms with Crippen LogP contribution >= 0.6 is 0 Å². The Kier molecular flexibility index (Phi) is 6.53. The minimum atomic E-state index is -0.404. The Labute approximate surface area is 165 Å². The molecule has 2 aromatic carbocycles. The predicted molar refractivity (Wildman–Crippen MR) is 109 cm³/mol. The molecule has 28 heavy (non-hydrogen) atoms. The Hall–Kier alpha value is -3.02. The Balaban J connectivity index is 1.64. The van der Waals surface area contributed by atoms with Crippen molar-refractivity contribution >= 4 is 23.2 Å². The number of ether oxygens (including phenoxy) is 2. The van der Waals surface area contributed by atoms with Crippen LogP contribution in [0.15, 0.2) is 48.5 Å². The fraction of sp³-hybridized carbons (Fsp3) is 0.364. The minimum absolute atomic E-state index is 0.0551. The van der Waals surface area contributed by atoms with Crippen molar-refractivity contribution in [3.63, 3.8) is 0 Å². The summed E-state index contributed by atoms with van der Waals surface area (Å²) in [6.45, 7) is 5.48. The fourth-order valence-electron chi connectivity index (χ4n) is 3.16. The van der Waals surface area contributed by atoms with Crippen molar-refractivity contribution in [2.75, 3.05) is 30.0 Å². The molecule has 3 rings (SSSR count). The molecule has 2 aromatic rings. The lowest BCUT2D eigenvalue weighted by atomic mass is 10.1. The quantitative estimate of drug-likeness (QED) is 0.753. The zero-order valence-corrected chi connectivity index (χ0v) is 16.3. The standard InChI is InChI=1S/C22H26N2O4/c1-3-13-28-18-11-9-17(10-12-18)24-15-16(14-21(24)25)22(26)23-19-7-5-6-8-20(19)27-4-2/h5-12,16H,3-4,13-15H2,1-2H3,(H,23,26)/t16-/m1/s1. The van der Waals surface area contributed by atoms with Crippen LogP contribution in [0.3, 0.4) is 0 Å². The highest BCUT2D eigenvalue weighted by molar-refractivity contribution is 6.03.